The third kappa shape index (κ3) is 2.52. The van der Waals surface area contributed by atoms with E-state index in [9.17, 15) is 14.4 Å². The van der Waals surface area contributed by atoms with Crippen molar-refractivity contribution in [1.82, 2.24) is 15.3 Å². The van der Waals surface area contributed by atoms with E-state index in [0.29, 0.717) is 29.8 Å². The number of aromatic nitrogens is 2. The minimum absolute atomic E-state index is 0.157. The van der Waals surface area contributed by atoms with Gasteiger partial charge in [0.1, 0.15) is 5.75 Å². The quantitative estimate of drug-likeness (QED) is 0.668. The molecule has 3 N–H and O–H groups in total. The lowest BCUT2D eigenvalue weighted by Crippen LogP contribution is -2.28. The molecule has 0 saturated heterocycles. The fourth-order valence-corrected chi connectivity index (χ4v) is 2.34. The summed E-state index contributed by atoms with van der Waals surface area (Å²) >= 11 is 0. The molecule has 1 amide bonds. The first-order valence-electron chi connectivity index (χ1n) is 7.03. The van der Waals surface area contributed by atoms with Crippen molar-refractivity contribution in [3.8, 4) is 11.6 Å². The van der Waals surface area contributed by atoms with Crippen LogP contribution < -0.4 is 21.3 Å². The molecule has 0 saturated carbocycles. The lowest BCUT2D eigenvalue weighted by Gasteiger charge is -2.19. The van der Waals surface area contributed by atoms with Gasteiger partial charge in [0.05, 0.1) is 5.56 Å². The fraction of sp³-hybridized carbons (Fsp3) is 0.267. The number of carbonyl (C=O) groups is 1. The first kappa shape index (κ1) is 14.1. The Bertz CT molecular complexity index is 851. The van der Waals surface area contributed by atoms with Gasteiger partial charge in [0.25, 0.3) is 11.5 Å². The molecule has 1 aliphatic heterocycles. The molecule has 114 valence electrons. The van der Waals surface area contributed by atoms with Crippen molar-refractivity contribution in [2.45, 2.75) is 19.8 Å². The summed E-state index contributed by atoms with van der Waals surface area (Å²) in [6, 6.07) is 5.02. The fourth-order valence-electron chi connectivity index (χ4n) is 2.34. The van der Waals surface area contributed by atoms with E-state index in [1.54, 1.807) is 18.2 Å². The third-order valence-corrected chi connectivity index (χ3v) is 3.44. The second-order valence-corrected chi connectivity index (χ2v) is 5.07. The van der Waals surface area contributed by atoms with Crippen LogP contribution in [0.3, 0.4) is 0 Å². The normalized spacial score (nSPS) is 12.0. The predicted molar refractivity (Wildman–Crippen MR) is 79.6 cm³/mol. The van der Waals surface area contributed by atoms with Crippen molar-refractivity contribution in [3.05, 3.63) is 55.7 Å². The first-order valence-corrected chi connectivity index (χ1v) is 7.03. The van der Waals surface area contributed by atoms with Crippen LogP contribution in [0.2, 0.25) is 0 Å². The Morgan fingerprint density at radius 1 is 1.32 bits per heavy atom. The second-order valence-electron chi connectivity index (χ2n) is 5.07. The Kier molecular flexibility index (Phi) is 3.54. The third-order valence-electron chi connectivity index (χ3n) is 3.44. The summed E-state index contributed by atoms with van der Waals surface area (Å²) in [6.45, 7) is 2.58. The SMILES string of the molecule is CCCNC(=O)c1ccc2c(c1)Cc1c([nH]c(=O)[nH]c1=O)O2. The number of fused-ring (bicyclic) bond motifs is 2. The van der Waals surface area contributed by atoms with Crippen LogP contribution in [-0.4, -0.2) is 22.4 Å². The van der Waals surface area contributed by atoms with Crippen LogP contribution in [0.4, 0.5) is 0 Å². The van der Waals surface area contributed by atoms with Gasteiger partial charge in [-0.05, 0) is 24.6 Å². The van der Waals surface area contributed by atoms with Crippen molar-refractivity contribution < 1.29 is 9.53 Å². The minimum atomic E-state index is -0.609. The highest BCUT2D eigenvalue weighted by Crippen LogP contribution is 2.33. The van der Waals surface area contributed by atoms with Gasteiger partial charge in [-0.25, -0.2) is 4.79 Å². The van der Waals surface area contributed by atoms with Gasteiger partial charge in [-0.15, -0.1) is 0 Å². The first-order chi connectivity index (χ1) is 10.6. The summed E-state index contributed by atoms with van der Waals surface area (Å²) in [7, 11) is 0. The molecular formula is C15H15N3O4. The number of benzene rings is 1. The highest BCUT2D eigenvalue weighted by atomic mass is 16.5. The van der Waals surface area contributed by atoms with Gasteiger partial charge in [-0.3, -0.25) is 19.6 Å². The van der Waals surface area contributed by atoms with E-state index in [-0.39, 0.29) is 11.8 Å². The Balaban J connectivity index is 1.95. The lowest BCUT2D eigenvalue weighted by molar-refractivity contribution is 0.0953. The molecular weight excluding hydrogens is 286 g/mol. The van der Waals surface area contributed by atoms with Crippen molar-refractivity contribution in [1.29, 1.82) is 0 Å². The number of rotatable bonds is 3. The molecule has 0 spiro atoms. The molecule has 2 aromatic rings. The predicted octanol–water partition coefficient (Wildman–Crippen LogP) is 0.899. The maximum Gasteiger partial charge on any atom is 0.328 e. The Labute approximate surface area is 125 Å². The topological polar surface area (TPSA) is 104 Å². The molecule has 1 aromatic heterocycles. The number of hydrogen-bond donors (Lipinski definition) is 3. The summed E-state index contributed by atoms with van der Waals surface area (Å²) < 4.78 is 5.55. The number of carbonyl (C=O) groups excluding carboxylic acids is 1. The molecule has 2 heterocycles. The van der Waals surface area contributed by atoms with Crippen LogP contribution in [0.15, 0.2) is 27.8 Å². The number of nitrogens with one attached hydrogen (secondary N) is 3. The maximum atomic E-state index is 12.0. The van der Waals surface area contributed by atoms with Crippen molar-refractivity contribution >= 4 is 5.91 Å². The van der Waals surface area contributed by atoms with Gasteiger partial charge in [0.15, 0.2) is 0 Å². The van der Waals surface area contributed by atoms with Gasteiger partial charge in [-0.2, -0.15) is 0 Å². The molecule has 0 fully saturated rings. The van der Waals surface area contributed by atoms with Crippen LogP contribution in [0.5, 0.6) is 11.6 Å². The van der Waals surface area contributed by atoms with E-state index in [2.05, 4.69) is 15.3 Å². The summed E-state index contributed by atoms with van der Waals surface area (Å²) in [5, 5.41) is 2.80. The van der Waals surface area contributed by atoms with Crippen LogP contribution in [0.25, 0.3) is 0 Å². The molecule has 3 rings (SSSR count). The number of amides is 1. The summed E-state index contributed by atoms with van der Waals surface area (Å²) in [5.74, 6) is 0.524. The van der Waals surface area contributed by atoms with Gasteiger partial charge in [0.2, 0.25) is 5.88 Å². The molecule has 0 bridgehead atoms. The van der Waals surface area contributed by atoms with E-state index in [0.717, 1.165) is 12.0 Å². The van der Waals surface area contributed by atoms with E-state index in [4.69, 9.17) is 4.74 Å². The molecule has 1 aliphatic rings. The van der Waals surface area contributed by atoms with Gasteiger partial charge < -0.3 is 10.1 Å². The minimum Gasteiger partial charge on any atom is -0.440 e. The number of aromatic amines is 2. The van der Waals surface area contributed by atoms with Crippen LogP contribution in [0.1, 0.15) is 34.8 Å². The van der Waals surface area contributed by atoms with E-state index in [1.807, 2.05) is 6.92 Å². The van der Waals surface area contributed by atoms with Crippen molar-refractivity contribution in [3.63, 3.8) is 0 Å². The summed E-state index contributed by atoms with van der Waals surface area (Å²) in [4.78, 5) is 39.7. The van der Waals surface area contributed by atoms with Crippen molar-refractivity contribution in [2.75, 3.05) is 6.54 Å². The summed E-state index contributed by atoms with van der Waals surface area (Å²) in [5.41, 5.74) is 0.500. The average molecular weight is 301 g/mol. The average Bonchev–Trinajstić information content (AvgIpc) is 2.50. The molecule has 0 radical (unpaired) electrons. The van der Waals surface area contributed by atoms with Gasteiger partial charge >= 0.3 is 5.69 Å². The Hall–Kier alpha value is -2.83. The van der Waals surface area contributed by atoms with Crippen molar-refractivity contribution in [2.24, 2.45) is 0 Å². The highest BCUT2D eigenvalue weighted by molar-refractivity contribution is 5.94. The Morgan fingerprint density at radius 2 is 2.14 bits per heavy atom. The summed E-state index contributed by atoms with van der Waals surface area (Å²) in [6.07, 6.45) is 1.15. The van der Waals surface area contributed by atoms with Crippen LogP contribution >= 0.6 is 0 Å². The standard InChI is InChI=1S/C15H15N3O4/c1-2-5-16-12(19)8-3-4-11-9(6-8)7-10-13(20)17-15(21)18-14(10)22-11/h3-4,6H,2,5,7H2,1H3,(H,16,19)(H2,17,18,20,21). The zero-order chi connectivity index (χ0) is 15.7. The Morgan fingerprint density at radius 3 is 2.91 bits per heavy atom. The largest absolute Gasteiger partial charge is 0.440 e. The lowest BCUT2D eigenvalue weighted by atomic mass is 10.0. The van der Waals surface area contributed by atoms with E-state index >= 15 is 0 Å². The van der Waals surface area contributed by atoms with Crippen LogP contribution in [0, 0.1) is 0 Å². The molecule has 22 heavy (non-hydrogen) atoms. The monoisotopic (exact) mass is 301 g/mol. The van der Waals surface area contributed by atoms with Gasteiger partial charge in [-0.1, -0.05) is 6.92 Å². The number of hydrogen-bond acceptors (Lipinski definition) is 4. The molecule has 0 unspecified atom stereocenters. The molecule has 7 nitrogen and oxygen atoms in total. The van der Waals surface area contributed by atoms with Crippen LogP contribution in [-0.2, 0) is 6.42 Å². The van der Waals surface area contributed by atoms with E-state index in [1.165, 1.54) is 0 Å². The molecule has 1 aromatic carbocycles. The molecule has 0 aliphatic carbocycles. The second kappa shape index (κ2) is 5.51. The number of ether oxygens (including phenoxy) is 1. The molecule has 0 atom stereocenters. The highest BCUT2D eigenvalue weighted by Gasteiger charge is 2.22. The zero-order valence-electron chi connectivity index (χ0n) is 12.0. The number of H-pyrrole nitrogens is 2. The molecule has 7 heteroatoms. The van der Waals surface area contributed by atoms with E-state index < -0.39 is 11.2 Å². The maximum absolute atomic E-state index is 12.0. The van der Waals surface area contributed by atoms with Gasteiger partial charge in [0, 0.05) is 24.1 Å². The smallest absolute Gasteiger partial charge is 0.328 e. The zero-order valence-corrected chi connectivity index (χ0v) is 12.0.